The number of pyridine rings is 1. The lowest BCUT2D eigenvalue weighted by atomic mass is 10.3. The molecule has 3 aromatic rings. The van der Waals surface area contributed by atoms with Crippen LogP contribution in [0.15, 0.2) is 72.9 Å². The van der Waals surface area contributed by atoms with Crippen LogP contribution in [0, 0.1) is 0 Å². The molecule has 0 aliphatic rings. The van der Waals surface area contributed by atoms with E-state index < -0.39 is 0 Å². The highest BCUT2D eigenvalue weighted by Crippen LogP contribution is 2.24. The maximum atomic E-state index is 11.3. The van der Waals surface area contributed by atoms with Crippen molar-refractivity contribution >= 4 is 23.1 Å². The molecule has 25 heavy (non-hydrogen) atoms. The van der Waals surface area contributed by atoms with Crippen molar-refractivity contribution in [3.8, 4) is 11.5 Å². The molecule has 0 atom stereocenters. The Hall–Kier alpha value is -3.34. The fourth-order valence-electron chi connectivity index (χ4n) is 2.17. The van der Waals surface area contributed by atoms with Gasteiger partial charge in [-0.1, -0.05) is 25.1 Å². The van der Waals surface area contributed by atoms with Gasteiger partial charge in [-0.25, -0.2) is 4.98 Å². The highest BCUT2D eigenvalue weighted by atomic mass is 16.5. The van der Waals surface area contributed by atoms with Crippen molar-refractivity contribution in [1.82, 2.24) is 4.98 Å². The quantitative estimate of drug-likeness (QED) is 0.669. The first kappa shape index (κ1) is 16.5. The second-order valence-electron chi connectivity index (χ2n) is 5.40. The predicted octanol–water partition coefficient (Wildman–Crippen LogP) is 4.97. The molecule has 0 aliphatic carbocycles. The number of anilines is 3. The maximum absolute atomic E-state index is 11.3. The van der Waals surface area contributed by atoms with E-state index in [2.05, 4.69) is 15.6 Å². The number of carbonyl (C=O) groups excluding carboxylic acids is 1. The summed E-state index contributed by atoms with van der Waals surface area (Å²) < 4.78 is 5.77. The number of aromatic nitrogens is 1. The van der Waals surface area contributed by atoms with Crippen LogP contribution in [0.25, 0.3) is 0 Å². The second-order valence-corrected chi connectivity index (χ2v) is 5.40. The Morgan fingerprint density at radius 2 is 1.60 bits per heavy atom. The van der Waals surface area contributed by atoms with Crippen molar-refractivity contribution in [3.63, 3.8) is 0 Å². The summed E-state index contributed by atoms with van der Waals surface area (Å²) in [5.74, 6) is 2.07. The molecule has 0 saturated heterocycles. The van der Waals surface area contributed by atoms with E-state index in [-0.39, 0.29) is 5.91 Å². The van der Waals surface area contributed by atoms with Gasteiger partial charge in [0.05, 0.1) is 11.9 Å². The zero-order valence-electron chi connectivity index (χ0n) is 13.9. The molecule has 5 heteroatoms. The molecule has 2 N–H and O–H groups in total. The Morgan fingerprint density at radius 1 is 0.920 bits per heavy atom. The third-order valence-electron chi connectivity index (χ3n) is 3.47. The van der Waals surface area contributed by atoms with Gasteiger partial charge in [0.25, 0.3) is 0 Å². The van der Waals surface area contributed by atoms with Gasteiger partial charge in [-0.05, 0) is 48.5 Å². The van der Waals surface area contributed by atoms with Crippen LogP contribution in [-0.4, -0.2) is 10.9 Å². The fraction of sp³-hybridized carbons (Fsp3) is 0.100. The molecule has 0 unspecified atom stereocenters. The van der Waals surface area contributed by atoms with E-state index in [1.54, 1.807) is 19.2 Å². The van der Waals surface area contributed by atoms with Gasteiger partial charge < -0.3 is 15.4 Å². The van der Waals surface area contributed by atoms with Gasteiger partial charge in [0.1, 0.15) is 17.3 Å². The minimum Gasteiger partial charge on any atom is -0.457 e. The van der Waals surface area contributed by atoms with Crippen molar-refractivity contribution in [2.75, 3.05) is 10.6 Å². The first-order valence-corrected chi connectivity index (χ1v) is 8.09. The van der Waals surface area contributed by atoms with Crippen molar-refractivity contribution in [2.45, 2.75) is 13.3 Å². The molecule has 0 bridgehead atoms. The van der Waals surface area contributed by atoms with Gasteiger partial charge in [-0.3, -0.25) is 4.79 Å². The summed E-state index contributed by atoms with van der Waals surface area (Å²) in [4.78, 5) is 15.6. The van der Waals surface area contributed by atoms with Crippen LogP contribution in [-0.2, 0) is 4.79 Å². The first-order valence-electron chi connectivity index (χ1n) is 8.09. The number of benzene rings is 2. The number of hydrogen-bond acceptors (Lipinski definition) is 4. The number of hydrogen-bond donors (Lipinski definition) is 2. The average molecular weight is 333 g/mol. The van der Waals surface area contributed by atoms with E-state index in [0.717, 1.165) is 22.9 Å². The van der Waals surface area contributed by atoms with E-state index in [0.29, 0.717) is 12.2 Å². The van der Waals surface area contributed by atoms with Crippen molar-refractivity contribution in [2.24, 2.45) is 0 Å². The lowest BCUT2D eigenvalue weighted by Crippen LogP contribution is -2.10. The standard InChI is InChI=1S/C20H19N3O2/c1-2-20(24)23-19-13-10-16(14-21-19)22-15-8-11-18(12-9-15)25-17-6-4-3-5-7-17/h3-14,22H,2H2,1H3,(H,21,23,24). The van der Waals surface area contributed by atoms with Crippen molar-refractivity contribution in [1.29, 1.82) is 0 Å². The van der Waals surface area contributed by atoms with Crippen LogP contribution in [0.4, 0.5) is 17.2 Å². The highest BCUT2D eigenvalue weighted by Gasteiger charge is 2.02. The Labute approximate surface area is 146 Å². The Morgan fingerprint density at radius 3 is 2.24 bits per heavy atom. The van der Waals surface area contributed by atoms with Crippen LogP contribution in [0.3, 0.4) is 0 Å². The fourth-order valence-corrected chi connectivity index (χ4v) is 2.17. The number of nitrogens with zero attached hydrogens (tertiary/aromatic N) is 1. The Balaban J connectivity index is 1.60. The third-order valence-corrected chi connectivity index (χ3v) is 3.47. The zero-order chi connectivity index (χ0) is 17.5. The van der Waals surface area contributed by atoms with Gasteiger partial charge in [-0.15, -0.1) is 0 Å². The van der Waals surface area contributed by atoms with Gasteiger partial charge in [0.2, 0.25) is 5.91 Å². The van der Waals surface area contributed by atoms with Crippen LogP contribution in [0.1, 0.15) is 13.3 Å². The summed E-state index contributed by atoms with van der Waals surface area (Å²) in [6, 6.07) is 21.0. The summed E-state index contributed by atoms with van der Waals surface area (Å²) in [6.45, 7) is 1.80. The molecule has 1 aromatic heterocycles. The molecule has 5 nitrogen and oxygen atoms in total. The Kier molecular flexibility index (Phi) is 5.26. The highest BCUT2D eigenvalue weighted by molar-refractivity contribution is 5.89. The van der Waals surface area contributed by atoms with Gasteiger partial charge in [0.15, 0.2) is 0 Å². The molecular formula is C20H19N3O2. The summed E-state index contributed by atoms with van der Waals surface area (Å²) in [5, 5.41) is 5.98. The predicted molar refractivity (Wildman–Crippen MR) is 99.4 cm³/mol. The lowest BCUT2D eigenvalue weighted by Gasteiger charge is -2.09. The van der Waals surface area contributed by atoms with Gasteiger partial charge in [0, 0.05) is 12.1 Å². The monoisotopic (exact) mass is 333 g/mol. The molecule has 1 heterocycles. The molecule has 0 fully saturated rings. The van der Waals surface area contributed by atoms with Crippen LogP contribution >= 0.6 is 0 Å². The largest absolute Gasteiger partial charge is 0.457 e. The SMILES string of the molecule is CCC(=O)Nc1ccc(Nc2ccc(Oc3ccccc3)cc2)cn1. The summed E-state index contributed by atoms with van der Waals surface area (Å²) in [7, 11) is 0. The van der Waals surface area contributed by atoms with E-state index >= 15 is 0 Å². The topological polar surface area (TPSA) is 63.2 Å². The first-order chi connectivity index (χ1) is 12.2. The van der Waals surface area contributed by atoms with Gasteiger partial charge in [-0.2, -0.15) is 0 Å². The van der Waals surface area contributed by atoms with Crippen LogP contribution in [0.2, 0.25) is 0 Å². The number of rotatable bonds is 6. The van der Waals surface area contributed by atoms with Crippen LogP contribution < -0.4 is 15.4 Å². The van der Waals surface area contributed by atoms with Crippen LogP contribution in [0.5, 0.6) is 11.5 Å². The van der Waals surface area contributed by atoms with Gasteiger partial charge >= 0.3 is 0 Å². The van der Waals surface area contributed by atoms with Crippen molar-refractivity contribution in [3.05, 3.63) is 72.9 Å². The minimum absolute atomic E-state index is 0.0535. The summed E-state index contributed by atoms with van der Waals surface area (Å²) in [6.07, 6.45) is 2.11. The van der Waals surface area contributed by atoms with E-state index in [9.17, 15) is 4.79 Å². The molecule has 3 rings (SSSR count). The normalized spacial score (nSPS) is 10.1. The molecule has 2 aromatic carbocycles. The third kappa shape index (κ3) is 4.81. The molecule has 0 radical (unpaired) electrons. The number of amides is 1. The summed E-state index contributed by atoms with van der Waals surface area (Å²) in [5.41, 5.74) is 1.76. The average Bonchev–Trinajstić information content (AvgIpc) is 2.66. The molecule has 1 amide bonds. The molecule has 126 valence electrons. The van der Waals surface area contributed by atoms with E-state index in [1.807, 2.05) is 60.7 Å². The van der Waals surface area contributed by atoms with E-state index in [4.69, 9.17) is 4.74 Å². The maximum Gasteiger partial charge on any atom is 0.225 e. The number of ether oxygens (including phenoxy) is 1. The molecular weight excluding hydrogens is 314 g/mol. The summed E-state index contributed by atoms with van der Waals surface area (Å²) >= 11 is 0. The molecule has 0 spiro atoms. The number of carbonyl (C=O) groups is 1. The minimum atomic E-state index is -0.0535. The van der Waals surface area contributed by atoms with Crippen molar-refractivity contribution < 1.29 is 9.53 Å². The lowest BCUT2D eigenvalue weighted by molar-refractivity contribution is -0.115. The number of para-hydroxylation sites is 1. The number of nitrogens with one attached hydrogen (secondary N) is 2. The molecule has 0 aliphatic heterocycles. The second kappa shape index (κ2) is 7.97. The zero-order valence-corrected chi connectivity index (χ0v) is 13.9. The smallest absolute Gasteiger partial charge is 0.225 e. The molecule has 0 saturated carbocycles. The van der Waals surface area contributed by atoms with E-state index in [1.165, 1.54) is 0 Å². The Bertz CT molecular complexity index is 816.